The molecule has 0 bridgehead atoms. The lowest BCUT2D eigenvalue weighted by molar-refractivity contribution is -0.147. The average Bonchev–Trinajstić information content (AvgIpc) is 2.74. The van der Waals surface area contributed by atoms with Crippen molar-refractivity contribution in [3.05, 3.63) is 33.8 Å². The molecule has 3 N–H and O–H groups in total. The molecule has 0 radical (unpaired) electrons. The number of rotatable bonds is 13. The Morgan fingerprint density at radius 3 is 2.37 bits per heavy atom. The number of benzene rings is 1. The summed E-state index contributed by atoms with van der Waals surface area (Å²) in [7, 11) is 1.55. The number of hydrogen-bond donors (Lipinski definition) is 3. The zero-order valence-corrected chi connectivity index (χ0v) is 21.3. The Bertz CT molecular complexity index is 945. The van der Waals surface area contributed by atoms with Gasteiger partial charge in [0, 0.05) is 19.1 Å². The molecule has 1 atom stereocenters. The normalized spacial score (nSPS) is 11.4. The fourth-order valence-electron chi connectivity index (χ4n) is 2.74. The van der Waals surface area contributed by atoms with Gasteiger partial charge in [0.15, 0.2) is 0 Å². The Morgan fingerprint density at radius 2 is 1.80 bits per heavy atom. The first-order valence-corrected chi connectivity index (χ1v) is 11.3. The highest BCUT2D eigenvalue weighted by Crippen LogP contribution is 2.20. The van der Waals surface area contributed by atoms with Gasteiger partial charge in [-0.15, -0.1) is 0 Å². The molecule has 14 heteroatoms. The van der Waals surface area contributed by atoms with E-state index in [1.54, 1.807) is 0 Å². The van der Waals surface area contributed by atoms with E-state index in [1.165, 1.54) is 37.2 Å². The second-order valence-electron chi connectivity index (χ2n) is 8.14. The van der Waals surface area contributed by atoms with Gasteiger partial charge in [0.25, 0.3) is 5.91 Å². The van der Waals surface area contributed by atoms with Gasteiger partial charge in [-0.05, 0) is 30.5 Å². The number of carbonyl (C=O) groups is 5. The minimum Gasteiger partial charge on any atom is -0.508 e. The number of aliphatic carboxylic acids is 1. The molecule has 1 aromatic carbocycles. The first kappa shape index (κ1) is 30.2. The molecule has 0 saturated heterocycles. The predicted molar refractivity (Wildman–Crippen MR) is 129 cm³/mol. The zero-order chi connectivity index (χ0) is 26.7. The summed E-state index contributed by atoms with van der Waals surface area (Å²) >= 11 is 11.9. The first-order chi connectivity index (χ1) is 16.3. The standard InChI is InChI=1S/C21H28BCl2N3O8/c1-12(2)7-16(22(34-11-18(29)27(3)4)35-20(32)9-19(30)31)26-17(28)10-25-21(33)14-8-13(23)5-6-15(14)24/h5-6,8,12,16H,7,9-11H2,1-4H3,(H,25,33)(H,26,28)(H,30,31)/t16-/m0/s1. The second kappa shape index (κ2) is 14.5. The third kappa shape index (κ3) is 11.4. The maximum Gasteiger partial charge on any atom is 0.551 e. The van der Waals surface area contributed by atoms with Gasteiger partial charge in [-0.1, -0.05) is 37.0 Å². The van der Waals surface area contributed by atoms with Crippen LogP contribution in [-0.4, -0.2) is 80.0 Å². The largest absolute Gasteiger partial charge is 0.551 e. The SMILES string of the molecule is CC(C)C[C@H](NC(=O)CNC(=O)c1cc(Cl)ccc1Cl)B(OCC(=O)N(C)C)OC(=O)CC(=O)O. The van der Waals surface area contributed by atoms with Gasteiger partial charge in [0.05, 0.1) is 23.1 Å². The number of nitrogens with one attached hydrogen (secondary N) is 2. The number of nitrogens with zero attached hydrogens (tertiary/aromatic N) is 1. The summed E-state index contributed by atoms with van der Waals surface area (Å²) in [5.41, 5.74) is 0.0803. The molecule has 35 heavy (non-hydrogen) atoms. The van der Waals surface area contributed by atoms with Crippen molar-refractivity contribution in [3.63, 3.8) is 0 Å². The summed E-state index contributed by atoms with van der Waals surface area (Å²) < 4.78 is 10.6. The summed E-state index contributed by atoms with van der Waals surface area (Å²) in [5, 5.41) is 14.3. The molecule has 11 nitrogen and oxygen atoms in total. The van der Waals surface area contributed by atoms with Crippen LogP contribution in [-0.2, 0) is 28.5 Å². The Balaban J connectivity index is 2.94. The van der Waals surface area contributed by atoms with E-state index in [4.69, 9.17) is 37.6 Å². The van der Waals surface area contributed by atoms with Crippen LogP contribution in [0.1, 0.15) is 37.0 Å². The van der Waals surface area contributed by atoms with Gasteiger partial charge in [0.2, 0.25) is 11.8 Å². The fourth-order valence-corrected chi connectivity index (χ4v) is 3.12. The van der Waals surface area contributed by atoms with E-state index < -0.39 is 62.3 Å². The third-order valence-corrected chi connectivity index (χ3v) is 4.96. The van der Waals surface area contributed by atoms with E-state index in [0.29, 0.717) is 0 Å². The van der Waals surface area contributed by atoms with Gasteiger partial charge in [-0.25, -0.2) is 0 Å². The van der Waals surface area contributed by atoms with Crippen molar-refractivity contribution in [2.24, 2.45) is 5.92 Å². The van der Waals surface area contributed by atoms with Crippen molar-refractivity contribution >= 4 is 60.0 Å². The molecule has 0 fully saturated rings. The smallest absolute Gasteiger partial charge is 0.508 e. The molecular weight excluding hydrogens is 504 g/mol. The Labute approximate surface area is 213 Å². The zero-order valence-electron chi connectivity index (χ0n) is 19.8. The monoisotopic (exact) mass is 531 g/mol. The highest BCUT2D eigenvalue weighted by molar-refractivity contribution is 6.49. The van der Waals surface area contributed by atoms with Crippen LogP contribution in [0, 0.1) is 5.92 Å². The highest BCUT2D eigenvalue weighted by atomic mass is 35.5. The van der Waals surface area contributed by atoms with Gasteiger partial charge < -0.3 is 29.9 Å². The average molecular weight is 532 g/mol. The Kier molecular flexibility index (Phi) is 12.6. The molecule has 0 aromatic heterocycles. The molecule has 192 valence electrons. The van der Waals surface area contributed by atoms with Gasteiger partial charge >= 0.3 is 19.1 Å². The molecule has 0 heterocycles. The lowest BCUT2D eigenvalue weighted by atomic mass is 9.73. The van der Waals surface area contributed by atoms with E-state index in [9.17, 15) is 24.0 Å². The van der Waals surface area contributed by atoms with Gasteiger partial charge in [-0.2, -0.15) is 0 Å². The van der Waals surface area contributed by atoms with E-state index in [-0.39, 0.29) is 27.9 Å². The molecule has 1 aromatic rings. The number of halogens is 2. The number of carbonyl (C=O) groups excluding carboxylic acids is 4. The maximum absolute atomic E-state index is 12.6. The lowest BCUT2D eigenvalue weighted by Gasteiger charge is -2.26. The molecule has 1 rings (SSSR count). The molecular formula is C21H28BCl2N3O8. The minimum atomic E-state index is -1.45. The molecule has 0 aliphatic rings. The third-order valence-electron chi connectivity index (χ3n) is 4.40. The van der Waals surface area contributed by atoms with Crippen LogP contribution in [0.2, 0.25) is 10.0 Å². The topological polar surface area (TPSA) is 151 Å². The number of amides is 3. The molecule has 0 aliphatic carbocycles. The van der Waals surface area contributed by atoms with Gasteiger partial charge in [0.1, 0.15) is 13.0 Å². The molecule has 0 aliphatic heterocycles. The Morgan fingerprint density at radius 1 is 1.14 bits per heavy atom. The molecule has 0 saturated carbocycles. The van der Waals surface area contributed by atoms with Crippen LogP contribution in [0.3, 0.4) is 0 Å². The van der Waals surface area contributed by atoms with E-state index >= 15 is 0 Å². The van der Waals surface area contributed by atoms with Crippen LogP contribution in [0.25, 0.3) is 0 Å². The minimum absolute atomic E-state index is 0.0195. The van der Waals surface area contributed by atoms with Crippen LogP contribution in [0.4, 0.5) is 0 Å². The summed E-state index contributed by atoms with van der Waals surface area (Å²) in [6, 6.07) is 4.31. The van der Waals surface area contributed by atoms with Crippen molar-refractivity contribution in [2.45, 2.75) is 32.6 Å². The quantitative estimate of drug-likeness (QED) is 0.255. The van der Waals surface area contributed by atoms with E-state index in [0.717, 1.165) is 0 Å². The summed E-state index contributed by atoms with van der Waals surface area (Å²) in [4.78, 5) is 61.0. The second-order valence-corrected chi connectivity index (χ2v) is 8.98. The highest BCUT2D eigenvalue weighted by Gasteiger charge is 2.37. The van der Waals surface area contributed by atoms with Crippen molar-refractivity contribution in [1.29, 1.82) is 0 Å². The summed E-state index contributed by atoms with van der Waals surface area (Å²) in [6.45, 7) is 2.74. The van der Waals surface area contributed by atoms with E-state index in [1.807, 2.05) is 13.8 Å². The molecule has 0 unspecified atom stereocenters. The van der Waals surface area contributed by atoms with Crippen molar-refractivity contribution in [1.82, 2.24) is 15.5 Å². The molecule has 3 amide bonds. The van der Waals surface area contributed by atoms with Crippen LogP contribution >= 0.6 is 23.2 Å². The van der Waals surface area contributed by atoms with Crippen LogP contribution < -0.4 is 10.6 Å². The number of likely N-dealkylation sites (N-methyl/N-ethyl adjacent to an activating group) is 1. The van der Waals surface area contributed by atoms with E-state index in [2.05, 4.69) is 10.6 Å². The number of carboxylic acids is 1. The number of carboxylic acid groups (broad SMARTS) is 1. The molecule has 0 spiro atoms. The summed E-state index contributed by atoms with van der Waals surface area (Å²) in [6.07, 6.45) is -0.679. The fraction of sp³-hybridized carbons (Fsp3) is 0.476. The van der Waals surface area contributed by atoms with Crippen LogP contribution in [0.15, 0.2) is 18.2 Å². The Hall–Kier alpha value is -2.83. The van der Waals surface area contributed by atoms with Crippen molar-refractivity contribution in [2.75, 3.05) is 27.2 Å². The van der Waals surface area contributed by atoms with Crippen LogP contribution in [0.5, 0.6) is 0 Å². The number of hydrogen-bond acceptors (Lipinski definition) is 7. The predicted octanol–water partition coefficient (Wildman–Crippen LogP) is 1.40. The maximum atomic E-state index is 12.6. The van der Waals surface area contributed by atoms with Crippen molar-refractivity contribution in [3.8, 4) is 0 Å². The lowest BCUT2D eigenvalue weighted by Crippen LogP contribution is -2.53. The van der Waals surface area contributed by atoms with Gasteiger partial charge in [-0.3, -0.25) is 24.0 Å². The first-order valence-electron chi connectivity index (χ1n) is 10.6. The summed E-state index contributed by atoms with van der Waals surface area (Å²) in [5.74, 6) is -5.20. The van der Waals surface area contributed by atoms with Crippen molar-refractivity contribution < 1.29 is 38.4 Å².